The van der Waals surface area contributed by atoms with Crippen LogP contribution in [-0.2, 0) is 6.54 Å². The Bertz CT molecular complexity index is 1190. The van der Waals surface area contributed by atoms with Gasteiger partial charge in [0.15, 0.2) is 11.5 Å². The Labute approximate surface area is 177 Å². The molecule has 0 bridgehead atoms. The summed E-state index contributed by atoms with van der Waals surface area (Å²) < 4.78 is 13.6. The van der Waals surface area contributed by atoms with Crippen molar-refractivity contribution in [1.29, 1.82) is 0 Å². The predicted octanol–water partition coefficient (Wildman–Crippen LogP) is 3.00. The minimum atomic E-state index is -0.415. The number of aromatic hydroxyl groups is 1. The van der Waals surface area contributed by atoms with Crippen molar-refractivity contribution in [2.75, 3.05) is 25.7 Å². The van der Waals surface area contributed by atoms with Crippen molar-refractivity contribution in [2.45, 2.75) is 25.4 Å². The molecular weight excluding hydrogens is 404 g/mol. The standard InChI is InChI=1S/C22H24N2O5S/c1-28-19-6-3-14(11-20(19)29-2)13-23-21(26)17-12-16(25)4-5-18(17)24(22(23)27)15-7-9-30-10-8-15/h3-6,11-12,15,25H,7-10,13H2,1-2H3. The van der Waals surface area contributed by atoms with Gasteiger partial charge in [-0.05, 0) is 60.2 Å². The van der Waals surface area contributed by atoms with E-state index in [9.17, 15) is 14.7 Å². The number of phenolic OH excluding ortho intramolecular Hbond substituents is 1. The van der Waals surface area contributed by atoms with Crippen molar-refractivity contribution in [1.82, 2.24) is 9.13 Å². The molecule has 1 aliphatic rings. The highest BCUT2D eigenvalue weighted by molar-refractivity contribution is 7.99. The molecule has 0 radical (unpaired) electrons. The van der Waals surface area contributed by atoms with E-state index in [4.69, 9.17) is 9.47 Å². The van der Waals surface area contributed by atoms with Gasteiger partial charge in [-0.25, -0.2) is 4.79 Å². The SMILES string of the molecule is COc1ccc(Cn2c(=O)c3cc(O)ccc3n(C3CCSCC3)c2=O)cc1OC. The quantitative estimate of drug-likeness (QED) is 0.673. The molecule has 2 heterocycles. The molecule has 2 aromatic carbocycles. The minimum absolute atomic E-state index is 0.00154. The molecule has 0 amide bonds. The van der Waals surface area contributed by atoms with Crippen molar-refractivity contribution in [3.63, 3.8) is 0 Å². The highest BCUT2D eigenvalue weighted by Crippen LogP contribution is 2.30. The number of aromatic nitrogens is 2. The summed E-state index contributed by atoms with van der Waals surface area (Å²) in [6, 6.07) is 9.98. The predicted molar refractivity (Wildman–Crippen MR) is 118 cm³/mol. The molecule has 30 heavy (non-hydrogen) atoms. The van der Waals surface area contributed by atoms with E-state index >= 15 is 0 Å². The second-order valence-electron chi connectivity index (χ2n) is 7.28. The third-order valence-electron chi connectivity index (χ3n) is 5.50. The van der Waals surface area contributed by atoms with Gasteiger partial charge in [0.25, 0.3) is 5.56 Å². The number of rotatable bonds is 5. The summed E-state index contributed by atoms with van der Waals surface area (Å²) in [5.74, 6) is 3.07. The van der Waals surface area contributed by atoms with Crippen LogP contribution in [0.4, 0.5) is 0 Å². The number of benzene rings is 2. The Hall–Kier alpha value is -2.87. The normalized spacial score (nSPS) is 14.7. The Morgan fingerprint density at radius 2 is 1.77 bits per heavy atom. The zero-order chi connectivity index (χ0) is 21.3. The number of fused-ring (bicyclic) bond motifs is 1. The van der Waals surface area contributed by atoms with Crippen LogP contribution in [0.15, 0.2) is 46.0 Å². The lowest BCUT2D eigenvalue weighted by atomic mass is 10.1. The Morgan fingerprint density at radius 3 is 2.47 bits per heavy atom. The van der Waals surface area contributed by atoms with Crippen molar-refractivity contribution in [3.05, 3.63) is 62.8 Å². The molecule has 1 aromatic heterocycles. The van der Waals surface area contributed by atoms with Gasteiger partial charge in [0.1, 0.15) is 5.75 Å². The van der Waals surface area contributed by atoms with E-state index in [1.165, 1.54) is 16.7 Å². The highest BCUT2D eigenvalue weighted by atomic mass is 32.2. The van der Waals surface area contributed by atoms with E-state index in [0.717, 1.165) is 29.9 Å². The van der Waals surface area contributed by atoms with Crippen molar-refractivity contribution >= 4 is 22.7 Å². The number of ether oxygens (including phenoxy) is 2. The van der Waals surface area contributed by atoms with E-state index in [0.29, 0.717) is 22.4 Å². The molecule has 158 valence electrons. The molecule has 0 aliphatic carbocycles. The summed E-state index contributed by atoms with van der Waals surface area (Å²) in [7, 11) is 3.10. The van der Waals surface area contributed by atoms with E-state index < -0.39 is 5.56 Å². The van der Waals surface area contributed by atoms with Gasteiger partial charge in [-0.2, -0.15) is 11.8 Å². The van der Waals surface area contributed by atoms with Gasteiger partial charge in [-0.1, -0.05) is 6.07 Å². The molecule has 8 heteroatoms. The molecule has 1 N–H and O–H groups in total. The van der Waals surface area contributed by atoms with Crippen LogP contribution >= 0.6 is 11.8 Å². The third-order valence-corrected chi connectivity index (χ3v) is 6.55. The molecule has 0 atom stereocenters. The first-order valence-electron chi connectivity index (χ1n) is 9.80. The van der Waals surface area contributed by atoms with E-state index in [2.05, 4.69) is 0 Å². The summed E-state index contributed by atoms with van der Waals surface area (Å²) >= 11 is 1.87. The molecule has 0 unspecified atom stereocenters. The maximum atomic E-state index is 13.5. The number of methoxy groups -OCH3 is 2. The number of thioether (sulfide) groups is 1. The van der Waals surface area contributed by atoms with Gasteiger partial charge >= 0.3 is 5.69 Å². The molecule has 0 spiro atoms. The highest BCUT2D eigenvalue weighted by Gasteiger charge is 2.22. The molecule has 1 aliphatic heterocycles. The molecule has 3 aromatic rings. The maximum Gasteiger partial charge on any atom is 0.332 e. The first kappa shape index (κ1) is 20.4. The van der Waals surface area contributed by atoms with Gasteiger partial charge in [0.05, 0.1) is 31.7 Å². The maximum absolute atomic E-state index is 13.5. The fourth-order valence-electron chi connectivity index (χ4n) is 3.97. The smallest absolute Gasteiger partial charge is 0.332 e. The summed E-state index contributed by atoms with van der Waals surface area (Å²) in [5.41, 5.74) is 0.576. The molecule has 7 nitrogen and oxygen atoms in total. The number of hydrogen-bond donors (Lipinski definition) is 1. The third kappa shape index (κ3) is 3.67. The average Bonchev–Trinajstić information content (AvgIpc) is 2.77. The van der Waals surface area contributed by atoms with Crippen molar-refractivity contribution < 1.29 is 14.6 Å². The summed E-state index contributed by atoms with van der Waals surface area (Å²) in [5, 5.41) is 10.3. The number of hydrogen-bond acceptors (Lipinski definition) is 6. The summed E-state index contributed by atoms with van der Waals surface area (Å²) in [6.45, 7) is 0.102. The van der Waals surface area contributed by atoms with Crippen LogP contribution in [0.1, 0.15) is 24.4 Å². The van der Waals surface area contributed by atoms with Gasteiger partial charge in [-0.3, -0.25) is 13.9 Å². The van der Waals surface area contributed by atoms with Crippen molar-refractivity contribution in [3.8, 4) is 17.2 Å². The van der Waals surface area contributed by atoms with Gasteiger partial charge in [0, 0.05) is 6.04 Å². The first-order valence-corrected chi connectivity index (χ1v) is 11.0. The lowest BCUT2D eigenvalue weighted by Gasteiger charge is -2.26. The summed E-state index contributed by atoms with van der Waals surface area (Å²) in [4.78, 5) is 26.7. The van der Waals surface area contributed by atoms with Crippen LogP contribution in [0.25, 0.3) is 10.9 Å². The monoisotopic (exact) mass is 428 g/mol. The Balaban J connectivity index is 1.89. The van der Waals surface area contributed by atoms with Gasteiger partial charge < -0.3 is 14.6 Å². The van der Waals surface area contributed by atoms with Crippen LogP contribution in [0.3, 0.4) is 0 Å². The van der Waals surface area contributed by atoms with Crippen LogP contribution in [0.2, 0.25) is 0 Å². The second-order valence-corrected chi connectivity index (χ2v) is 8.50. The average molecular weight is 429 g/mol. The zero-order valence-electron chi connectivity index (χ0n) is 17.0. The Kier molecular flexibility index (Phi) is 5.76. The number of nitrogens with zero attached hydrogens (tertiary/aromatic N) is 2. The minimum Gasteiger partial charge on any atom is -0.508 e. The largest absolute Gasteiger partial charge is 0.508 e. The van der Waals surface area contributed by atoms with Gasteiger partial charge in [-0.15, -0.1) is 0 Å². The number of phenols is 1. The lowest BCUT2D eigenvalue weighted by Crippen LogP contribution is -2.42. The fourth-order valence-corrected chi connectivity index (χ4v) is 5.05. The zero-order valence-corrected chi connectivity index (χ0v) is 17.8. The van der Waals surface area contributed by atoms with Crippen LogP contribution in [0.5, 0.6) is 17.2 Å². The molecule has 1 fully saturated rings. The second kappa shape index (κ2) is 8.47. The summed E-state index contributed by atoms with van der Waals surface area (Å²) in [6.07, 6.45) is 1.74. The van der Waals surface area contributed by atoms with Crippen LogP contribution in [0, 0.1) is 0 Å². The van der Waals surface area contributed by atoms with Crippen molar-refractivity contribution in [2.24, 2.45) is 0 Å². The molecule has 1 saturated heterocycles. The topological polar surface area (TPSA) is 82.7 Å². The van der Waals surface area contributed by atoms with E-state index in [1.54, 1.807) is 37.0 Å². The molecule has 4 rings (SSSR count). The van der Waals surface area contributed by atoms with Crippen LogP contribution in [-0.4, -0.2) is 40.0 Å². The lowest BCUT2D eigenvalue weighted by molar-refractivity contribution is 0.354. The molecule has 0 saturated carbocycles. The van der Waals surface area contributed by atoms with Gasteiger partial charge in [0.2, 0.25) is 0 Å². The van der Waals surface area contributed by atoms with E-state index in [1.807, 2.05) is 17.8 Å². The molecular formula is C22H24N2O5S. The Morgan fingerprint density at radius 1 is 1.03 bits per heavy atom. The van der Waals surface area contributed by atoms with E-state index in [-0.39, 0.29) is 24.0 Å². The fraction of sp³-hybridized carbons (Fsp3) is 0.364. The first-order chi connectivity index (χ1) is 14.5. The van der Waals surface area contributed by atoms with Crippen LogP contribution < -0.4 is 20.7 Å².